The predicted octanol–water partition coefficient (Wildman–Crippen LogP) is 0.726. The van der Waals surface area contributed by atoms with Crippen molar-refractivity contribution in [2.75, 3.05) is 13.7 Å². The van der Waals surface area contributed by atoms with Crippen LogP contribution in [0.3, 0.4) is 0 Å². The number of halogens is 1. The van der Waals surface area contributed by atoms with Crippen LogP contribution < -0.4 is 11.2 Å². The first kappa shape index (κ1) is 12.2. The number of aryl methyl sites for hydroxylation is 1. The molecular formula is C9H13BrN2O3. The number of unbranched alkanes of at least 4 members (excludes halogenated alkanes) is 1. The summed E-state index contributed by atoms with van der Waals surface area (Å²) in [7, 11) is 1.64. The van der Waals surface area contributed by atoms with E-state index in [-0.39, 0.29) is 5.69 Å². The zero-order valence-corrected chi connectivity index (χ0v) is 10.0. The van der Waals surface area contributed by atoms with Crippen LogP contribution in [0.5, 0.6) is 0 Å². The highest BCUT2D eigenvalue weighted by molar-refractivity contribution is 9.10. The van der Waals surface area contributed by atoms with Crippen LogP contribution >= 0.6 is 15.9 Å². The third-order valence-corrected chi connectivity index (χ3v) is 2.53. The molecule has 0 atom stereocenters. The van der Waals surface area contributed by atoms with Gasteiger partial charge in [-0.2, -0.15) is 0 Å². The van der Waals surface area contributed by atoms with Crippen LogP contribution in [0.4, 0.5) is 0 Å². The normalized spacial score (nSPS) is 10.5. The van der Waals surface area contributed by atoms with Gasteiger partial charge in [0.1, 0.15) is 0 Å². The van der Waals surface area contributed by atoms with Gasteiger partial charge in [0.25, 0.3) is 5.56 Å². The van der Waals surface area contributed by atoms with Gasteiger partial charge in [-0.25, -0.2) is 4.79 Å². The maximum Gasteiger partial charge on any atom is 0.328 e. The Hall–Kier alpha value is -0.880. The van der Waals surface area contributed by atoms with Crippen LogP contribution in [0.25, 0.3) is 0 Å². The summed E-state index contributed by atoms with van der Waals surface area (Å²) in [6.45, 7) is 1.26. The van der Waals surface area contributed by atoms with Crippen LogP contribution in [0.1, 0.15) is 12.8 Å². The fourth-order valence-electron chi connectivity index (χ4n) is 1.18. The highest BCUT2D eigenvalue weighted by Gasteiger charge is 2.00. The van der Waals surface area contributed by atoms with Crippen LogP contribution in [-0.2, 0) is 11.3 Å². The molecule has 0 unspecified atom stereocenters. The maximum atomic E-state index is 11.3. The molecule has 0 radical (unpaired) electrons. The first-order chi connectivity index (χ1) is 7.15. The van der Waals surface area contributed by atoms with Gasteiger partial charge in [0.05, 0.1) is 4.47 Å². The van der Waals surface area contributed by atoms with E-state index in [1.807, 2.05) is 0 Å². The third-order valence-electron chi connectivity index (χ3n) is 1.96. The third kappa shape index (κ3) is 3.64. The second-order valence-corrected chi connectivity index (χ2v) is 3.98. The summed E-state index contributed by atoms with van der Waals surface area (Å²) in [5.41, 5.74) is -0.770. The van der Waals surface area contributed by atoms with Crippen molar-refractivity contribution in [3.05, 3.63) is 31.5 Å². The molecule has 6 heteroatoms. The molecule has 0 saturated carbocycles. The molecule has 0 amide bonds. The standard InChI is InChI=1S/C9H13BrN2O3/c1-15-5-3-2-4-12-6-7(10)8(13)11-9(12)14/h6H,2-5H2,1H3,(H,11,13,14). The number of hydrogen-bond donors (Lipinski definition) is 1. The van der Waals surface area contributed by atoms with E-state index in [4.69, 9.17) is 4.74 Å². The average molecular weight is 277 g/mol. The van der Waals surface area contributed by atoms with Crippen LogP contribution in [0.2, 0.25) is 0 Å². The highest BCUT2D eigenvalue weighted by Crippen LogP contribution is 1.99. The second-order valence-electron chi connectivity index (χ2n) is 3.13. The van der Waals surface area contributed by atoms with E-state index in [1.165, 1.54) is 10.8 Å². The van der Waals surface area contributed by atoms with E-state index < -0.39 is 5.56 Å². The molecule has 84 valence electrons. The first-order valence-electron chi connectivity index (χ1n) is 4.63. The van der Waals surface area contributed by atoms with Gasteiger partial charge in [-0.15, -0.1) is 0 Å². The van der Waals surface area contributed by atoms with E-state index in [0.29, 0.717) is 17.6 Å². The van der Waals surface area contributed by atoms with Gasteiger partial charge in [-0.05, 0) is 28.8 Å². The molecule has 1 rings (SSSR count). The molecular weight excluding hydrogens is 264 g/mol. The number of nitrogens with zero attached hydrogens (tertiary/aromatic N) is 1. The molecule has 1 aromatic rings. The lowest BCUT2D eigenvalue weighted by molar-refractivity contribution is 0.191. The molecule has 0 aliphatic carbocycles. The van der Waals surface area contributed by atoms with E-state index in [2.05, 4.69) is 20.9 Å². The Balaban J connectivity index is 2.66. The zero-order valence-electron chi connectivity index (χ0n) is 8.46. The Morgan fingerprint density at radius 2 is 2.20 bits per heavy atom. The van der Waals surface area contributed by atoms with Gasteiger partial charge < -0.3 is 4.74 Å². The molecule has 15 heavy (non-hydrogen) atoms. The monoisotopic (exact) mass is 276 g/mol. The molecule has 0 aromatic carbocycles. The van der Waals surface area contributed by atoms with E-state index in [0.717, 1.165) is 12.8 Å². The molecule has 0 aliphatic heterocycles. The zero-order chi connectivity index (χ0) is 11.3. The molecule has 0 saturated heterocycles. The Kier molecular flexibility index (Phi) is 4.77. The number of hydrogen-bond acceptors (Lipinski definition) is 3. The van der Waals surface area contributed by atoms with Gasteiger partial charge >= 0.3 is 5.69 Å². The van der Waals surface area contributed by atoms with Crippen molar-refractivity contribution in [1.29, 1.82) is 0 Å². The van der Waals surface area contributed by atoms with E-state index in [1.54, 1.807) is 7.11 Å². The SMILES string of the molecule is COCCCCn1cc(Br)c(=O)[nH]c1=O. The maximum absolute atomic E-state index is 11.3. The summed E-state index contributed by atoms with van der Waals surface area (Å²) in [4.78, 5) is 24.6. The van der Waals surface area contributed by atoms with Crippen molar-refractivity contribution in [3.8, 4) is 0 Å². The number of ether oxygens (including phenoxy) is 1. The number of H-pyrrole nitrogens is 1. The quantitative estimate of drug-likeness (QED) is 0.807. The Labute approximate surface area is 95.2 Å². The lowest BCUT2D eigenvalue weighted by Crippen LogP contribution is -2.29. The van der Waals surface area contributed by atoms with Crippen molar-refractivity contribution >= 4 is 15.9 Å². The van der Waals surface area contributed by atoms with E-state index in [9.17, 15) is 9.59 Å². The molecule has 0 fully saturated rings. The lowest BCUT2D eigenvalue weighted by Gasteiger charge is -2.04. The summed E-state index contributed by atoms with van der Waals surface area (Å²) in [5.74, 6) is 0. The topological polar surface area (TPSA) is 64.1 Å². The highest BCUT2D eigenvalue weighted by atomic mass is 79.9. The summed E-state index contributed by atoms with van der Waals surface area (Å²) < 4.78 is 6.74. The minimum Gasteiger partial charge on any atom is -0.385 e. The van der Waals surface area contributed by atoms with E-state index >= 15 is 0 Å². The van der Waals surface area contributed by atoms with Crippen LogP contribution in [-0.4, -0.2) is 23.3 Å². The molecule has 0 aliphatic rings. The van der Waals surface area contributed by atoms with Crippen molar-refractivity contribution in [3.63, 3.8) is 0 Å². The minimum atomic E-state index is -0.395. The minimum absolute atomic E-state index is 0.369. The van der Waals surface area contributed by atoms with Gasteiger partial charge in [0.2, 0.25) is 0 Å². The van der Waals surface area contributed by atoms with Gasteiger partial charge in [0.15, 0.2) is 0 Å². The summed E-state index contributed by atoms with van der Waals surface area (Å²) >= 11 is 3.07. The predicted molar refractivity (Wildman–Crippen MR) is 60.1 cm³/mol. The van der Waals surface area contributed by atoms with Crippen LogP contribution in [0, 0.1) is 0 Å². The number of methoxy groups -OCH3 is 1. The Morgan fingerprint density at radius 1 is 1.47 bits per heavy atom. The summed E-state index contributed by atoms with van der Waals surface area (Å²) in [5, 5.41) is 0. The number of aromatic amines is 1. The lowest BCUT2D eigenvalue weighted by atomic mass is 10.3. The molecule has 0 bridgehead atoms. The van der Waals surface area contributed by atoms with Crippen LogP contribution in [0.15, 0.2) is 20.3 Å². The average Bonchev–Trinajstić information content (AvgIpc) is 2.20. The Bertz CT molecular complexity index is 424. The summed E-state index contributed by atoms with van der Waals surface area (Å²) in [6, 6.07) is 0. The number of aromatic nitrogens is 2. The molecule has 0 spiro atoms. The fraction of sp³-hybridized carbons (Fsp3) is 0.556. The van der Waals surface area contributed by atoms with Crippen molar-refractivity contribution in [1.82, 2.24) is 9.55 Å². The van der Waals surface area contributed by atoms with Crippen molar-refractivity contribution < 1.29 is 4.74 Å². The molecule has 1 heterocycles. The van der Waals surface area contributed by atoms with Gasteiger partial charge in [0, 0.05) is 26.5 Å². The molecule has 1 aromatic heterocycles. The summed E-state index contributed by atoms with van der Waals surface area (Å²) in [6.07, 6.45) is 3.24. The van der Waals surface area contributed by atoms with Gasteiger partial charge in [-0.3, -0.25) is 14.3 Å². The largest absolute Gasteiger partial charge is 0.385 e. The molecule has 1 N–H and O–H groups in total. The van der Waals surface area contributed by atoms with Crippen molar-refractivity contribution in [2.45, 2.75) is 19.4 Å². The smallest absolute Gasteiger partial charge is 0.328 e. The molecule has 5 nitrogen and oxygen atoms in total. The van der Waals surface area contributed by atoms with Gasteiger partial charge in [-0.1, -0.05) is 0 Å². The Morgan fingerprint density at radius 3 is 2.87 bits per heavy atom. The van der Waals surface area contributed by atoms with Crippen molar-refractivity contribution in [2.24, 2.45) is 0 Å². The number of rotatable bonds is 5. The fourth-order valence-corrected chi connectivity index (χ4v) is 1.52. The second kappa shape index (κ2) is 5.87. The first-order valence-corrected chi connectivity index (χ1v) is 5.42. The number of nitrogens with one attached hydrogen (secondary N) is 1.